The van der Waals surface area contributed by atoms with Crippen molar-refractivity contribution in [3.63, 3.8) is 0 Å². The van der Waals surface area contributed by atoms with Crippen LogP contribution >= 0.6 is 0 Å². The molecule has 1 aliphatic rings. The van der Waals surface area contributed by atoms with E-state index in [4.69, 9.17) is 4.74 Å². The number of aromatic nitrogens is 3. The summed E-state index contributed by atoms with van der Waals surface area (Å²) in [5, 5.41) is 5.49. The van der Waals surface area contributed by atoms with E-state index in [0.717, 1.165) is 28.6 Å². The normalized spacial score (nSPS) is 13.5. The third kappa shape index (κ3) is 2.70. The van der Waals surface area contributed by atoms with E-state index >= 15 is 0 Å². The van der Waals surface area contributed by atoms with Crippen molar-refractivity contribution >= 4 is 10.9 Å². The molecule has 0 aliphatic carbocycles. The minimum absolute atomic E-state index is 0.404. The Hall–Kier alpha value is -3.35. The van der Waals surface area contributed by atoms with E-state index in [1.807, 2.05) is 30.3 Å². The van der Waals surface area contributed by atoms with Gasteiger partial charge in [0.25, 0.3) is 0 Å². The van der Waals surface area contributed by atoms with Crippen molar-refractivity contribution in [2.45, 2.75) is 12.7 Å². The first-order chi connectivity index (χ1) is 13.5. The second-order valence-electron chi connectivity index (χ2n) is 6.59. The van der Waals surface area contributed by atoms with Gasteiger partial charge in [-0.2, -0.15) is 18.3 Å². The number of hydrogen-bond donors (Lipinski definition) is 0. The maximum Gasteiger partial charge on any atom is 0.416 e. The van der Waals surface area contributed by atoms with Gasteiger partial charge in [-0.1, -0.05) is 24.3 Å². The molecular weight excluding hydrogens is 367 g/mol. The summed E-state index contributed by atoms with van der Waals surface area (Å²) in [4.78, 5) is 4.32. The Morgan fingerprint density at radius 1 is 0.964 bits per heavy atom. The molecule has 0 fully saturated rings. The topological polar surface area (TPSA) is 39.9 Å². The quantitative estimate of drug-likeness (QED) is 0.481. The highest BCUT2D eigenvalue weighted by Crippen LogP contribution is 2.42. The predicted octanol–water partition coefficient (Wildman–Crippen LogP) is 5.18. The number of fused-ring (bicyclic) bond motifs is 2. The van der Waals surface area contributed by atoms with Crippen LogP contribution in [0.2, 0.25) is 0 Å². The molecule has 0 saturated heterocycles. The van der Waals surface area contributed by atoms with E-state index in [1.165, 1.54) is 6.07 Å². The number of benzene rings is 2. The van der Waals surface area contributed by atoms with Gasteiger partial charge < -0.3 is 4.74 Å². The number of halogens is 3. The molecule has 0 N–H and O–H groups in total. The molecule has 0 radical (unpaired) electrons. The number of alkyl halides is 3. The predicted molar refractivity (Wildman–Crippen MR) is 98.9 cm³/mol. The number of nitrogens with zero attached hydrogens (tertiary/aromatic N) is 3. The number of rotatable bonds is 2. The van der Waals surface area contributed by atoms with Crippen molar-refractivity contribution in [2.75, 3.05) is 6.61 Å². The molecule has 5 rings (SSSR count). The monoisotopic (exact) mass is 381 g/mol. The van der Waals surface area contributed by atoms with E-state index in [-0.39, 0.29) is 0 Å². The van der Waals surface area contributed by atoms with Gasteiger partial charge in [0.15, 0.2) is 0 Å². The molecule has 1 aliphatic heterocycles. The van der Waals surface area contributed by atoms with Crippen LogP contribution in [-0.4, -0.2) is 21.4 Å². The molecule has 2 aromatic heterocycles. The van der Waals surface area contributed by atoms with Crippen molar-refractivity contribution < 1.29 is 17.9 Å². The van der Waals surface area contributed by atoms with Gasteiger partial charge in [-0.25, -0.2) is 4.68 Å². The van der Waals surface area contributed by atoms with Crippen LogP contribution in [0, 0.1) is 0 Å². The molecule has 28 heavy (non-hydrogen) atoms. The van der Waals surface area contributed by atoms with E-state index in [9.17, 15) is 13.2 Å². The summed E-state index contributed by atoms with van der Waals surface area (Å²) < 4.78 is 47.0. The van der Waals surface area contributed by atoms with E-state index in [2.05, 4.69) is 10.1 Å². The summed E-state index contributed by atoms with van der Waals surface area (Å²) in [5.74, 6) is 0.579. The summed E-state index contributed by atoms with van der Waals surface area (Å²) in [6.07, 6.45) is -2.69. The SMILES string of the molecule is FC(F)(F)c1cccc(-c2nn3c(c2-c2ccc4ncccc4c2)OCC3)c1. The van der Waals surface area contributed by atoms with Crippen molar-refractivity contribution in [1.82, 2.24) is 14.8 Å². The summed E-state index contributed by atoms with van der Waals surface area (Å²) in [6.45, 7) is 1.06. The standard InChI is InChI=1S/C21H14F3N3O/c22-21(23,24)16-5-1-3-15(12-16)19-18(20-27(26-19)9-10-28-20)14-6-7-17-13(11-14)4-2-8-25-17/h1-8,11-12H,9-10H2. The lowest BCUT2D eigenvalue weighted by Gasteiger charge is -2.10. The van der Waals surface area contributed by atoms with Gasteiger partial charge in [-0.05, 0) is 35.9 Å². The second-order valence-corrected chi connectivity index (χ2v) is 6.59. The maximum absolute atomic E-state index is 13.2. The Morgan fingerprint density at radius 3 is 2.71 bits per heavy atom. The summed E-state index contributed by atoms with van der Waals surface area (Å²) in [6, 6.07) is 14.8. The highest BCUT2D eigenvalue weighted by Gasteiger charge is 2.32. The minimum Gasteiger partial charge on any atom is -0.475 e. The zero-order chi connectivity index (χ0) is 19.3. The van der Waals surface area contributed by atoms with Gasteiger partial charge in [0.05, 0.1) is 23.2 Å². The molecule has 4 nitrogen and oxygen atoms in total. The van der Waals surface area contributed by atoms with Gasteiger partial charge in [0.1, 0.15) is 12.3 Å². The van der Waals surface area contributed by atoms with Crippen molar-refractivity contribution in [1.29, 1.82) is 0 Å². The van der Waals surface area contributed by atoms with Crippen molar-refractivity contribution in [3.8, 4) is 28.3 Å². The van der Waals surface area contributed by atoms with E-state index in [0.29, 0.717) is 35.9 Å². The number of ether oxygens (including phenoxy) is 1. The van der Waals surface area contributed by atoms with Gasteiger partial charge in [-0.3, -0.25) is 4.98 Å². The van der Waals surface area contributed by atoms with Crippen LogP contribution in [-0.2, 0) is 12.7 Å². The largest absolute Gasteiger partial charge is 0.475 e. The molecule has 0 atom stereocenters. The molecule has 0 unspecified atom stereocenters. The Balaban J connectivity index is 1.72. The number of pyridine rings is 1. The Morgan fingerprint density at radius 2 is 1.86 bits per heavy atom. The van der Waals surface area contributed by atoms with Crippen molar-refractivity contribution in [2.24, 2.45) is 0 Å². The molecule has 0 amide bonds. The fourth-order valence-corrected chi connectivity index (χ4v) is 3.51. The molecule has 7 heteroatoms. The third-order valence-corrected chi connectivity index (χ3v) is 4.80. The maximum atomic E-state index is 13.2. The van der Waals surface area contributed by atoms with Crippen LogP contribution in [0.15, 0.2) is 60.8 Å². The molecule has 0 saturated carbocycles. The fourth-order valence-electron chi connectivity index (χ4n) is 3.51. The summed E-state index contributed by atoms with van der Waals surface area (Å²) >= 11 is 0. The fraction of sp³-hybridized carbons (Fsp3) is 0.143. The first-order valence-electron chi connectivity index (χ1n) is 8.77. The van der Waals surface area contributed by atoms with Crippen molar-refractivity contribution in [3.05, 3.63) is 66.4 Å². The van der Waals surface area contributed by atoms with Crippen LogP contribution in [0.4, 0.5) is 13.2 Å². The Kier molecular flexibility index (Phi) is 3.65. The van der Waals surface area contributed by atoms with E-state index < -0.39 is 11.7 Å². The van der Waals surface area contributed by atoms with E-state index in [1.54, 1.807) is 16.9 Å². The second kappa shape index (κ2) is 6.09. The first-order valence-corrected chi connectivity index (χ1v) is 8.77. The van der Waals surface area contributed by atoms with Gasteiger partial charge in [-0.15, -0.1) is 0 Å². The third-order valence-electron chi connectivity index (χ3n) is 4.80. The zero-order valence-electron chi connectivity index (χ0n) is 14.6. The summed E-state index contributed by atoms with van der Waals surface area (Å²) in [7, 11) is 0. The molecule has 0 bridgehead atoms. The average Bonchev–Trinajstić information content (AvgIpc) is 3.28. The first kappa shape index (κ1) is 16.8. The van der Waals surface area contributed by atoms with Crippen LogP contribution in [0.25, 0.3) is 33.3 Å². The highest BCUT2D eigenvalue weighted by atomic mass is 19.4. The van der Waals surface area contributed by atoms with Gasteiger partial charge in [0.2, 0.25) is 5.88 Å². The van der Waals surface area contributed by atoms with Crippen LogP contribution < -0.4 is 4.74 Å². The molecule has 4 aromatic rings. The minimum atomic E-state index is -4.41. The molecule has 140 valence electrons. The zero-order valence-corrected chi connectivity index (χ0v) is 14.6. The van der Waals surface area contributed by atoms with Crippen LogP contribution in [0.5, 0.6) is 5.88 Å². The Labute approximate surface area is 158 Å². The van der Waals surface area contributed by atoms with Crippen LogP contribution in [0.3, 0.4) is 0 Å². The molecule has 2 aromatic carbocycles. The van der Waals surface area contributed by atoms with Gasteiger partial charge >= 0.3 is 6.18 Å². The lowest BCUT2D eigenvalue weighted by atomic mass is 9.98. The number of hydrogen-bond acceptors (Lipinski definition) is 3. The molecule has 3 heterocycles. The van der Waals surface area contributed by atoms with Gasteiger partial charge in [0, 0.05) is 17.1 Å². The lowest BCUT2D eigenvalue weighted by molar-refractivity contribution is -0.137. The summed E-state index contributed by atoms with van der Waals surface area (Å²) in [5.41, 5.74) is 2.55. The molecular formula is C21H14F3N3O. The average molecular weight is 381 g/mol. The lowest BCUT2D eigenvalue weighted by Crippen LogP contribution is -2.04. The molecule has 0 spiro atoms. The smallest absolute Gasteiger partial charge is 0.416 e. The highest BCUT2D eigenvalue weighted by molar-refractivity contribution is 5.91. The van der Waals surface area contributed by atoms with Crippen LogP contribution in [0.1, 0.15) is 5.56 Å². The Bertz CT molecular complexity index is 1200.